The third kappa shape index (κ3) is 17.2. The number of carbonyl (C=O) groups excluding carboxylic acids is 3. The van der Waals surface area contributed by atoms with Crippen molar-refractivity contribution in [3.8, 4) is 5.75 Å². The van der Waals surface area contributed by atoms with Gasteiger partial charge in [0, 0.05) is 19.9 Å². The van der Waals surface area contributed by atoms with Crippen LogP contribution in [0, 0.1) is 13.8 Å². The summed E-state index contributed by atoms with van der Waals surface area (Å²) in [6, 6.07) is 15.8. The number of aldehydes is 1. The topological polar surface area (TPSA) is 116 Å². The molecule has 0 aliphatic heterocycles. The molecule has 9 nitrogen and oxygen atoms in total. The summed E-state index contributed by atoms with van der Waals surface area (Å²) >= 11 is 0. The fourth-order valence-corrected chi connectivity index (χ4v) is 2.55. The van der Waals surface area contributed by atoms with Crippen LogP contribution in [0.2, 0.25) is 0 Å². The molecule has 226 valence electrons. The van der Waals surface area contributed by atoms with Gasteiger partial charge in [0.25, 0.3) is 5.91 Å². The third-order valence-corrected chi connectivity index (χ3v) is 5.57. The second-order valence-corrected chi connectivity index (χ2v) is 9.33. The number of benzene rings is 2. The van der Waals surface area contributed by atoms with Crippen LogP contribution in [-0.2, 0) is 39.9 Å². The van der Waals surface area contributed by atoms with E-state index in [1.54, 1.807) is 7.11 Å². The monoisotopic (exact) mass is 593 g/mol. The first-order valence-corrected chi connectivity index (χ1v) is 13.5. The summed E-state index contributed by atoms with van der Waals surface area (Å²) in [6.07, 6.45) is 1.60. The van der Waals surface area contributed by atoms with Gasteiger partial charge in [-0.3, -0.25) is 8.98 Å². The van der Waals surface area contributed by atoms with Crippen molar-refractivity contribution in [2.75, 3.05) is 21.3 Å². The molecule has 0 spiro atoms. The number of aryl methyl sites for hydroxylation is 3. The van der Waals surface area contributed by atoms with Crippen LogP contribution >= 0.6 is 0 Å². The predicted octanol–water partition coefficient (Wildman–Crippen LogP) is 5.34. The van der Waals surface area contributed by atoms with Gasteiger partial charge in [-0.1, -0.05) is 61.4 Å². The van der Waals surface area contributed by atoms with E-state index < -0.39 is 21.6 Å². The van der Waals surface area contributed by atoms with Gasteiger partial charge in [-0.25, -0.2) is 4.79 Å². The summed E-state index contributed by atoms with van der Waals surface area (Å²) < 4.78 is 60.8. The Hall–Kier alpha value is -3.45. The van der Waals surface area contributed by atoms with E-state index in [2.05, 4.69) is 11.1 Å². The highest BCUT2D eigenvalue weighted by atomic mass is 32.2. The quantitative estimate of drug-likeness (QED) is 0.174. The summed E-state index contributed by atoms with van der Waals surface area (Å²) in [6.45, 7) is 8.05. The fourth-order valence-electron chi connectivity index (χ4n) is 2.36. The Morgan fingerprint density at radius 3 is 1.75 bits per heavy atom. The molecular weight excluding hydrogens is 555 g/mol. The number of hydroxylamine groups is 2. The lowest BCUT2D eigenvalue weighted by atomic mass is 10.1. The van der Waals surface area contributed by atoms with Gasteiger partial charge in [-0.15, -0.1) is 0 Å². The number of alkyl halides is 3. The summed E-state index contributed by atoms with van der Waals surface area (Å²) in [5.74, 6) is 0.0638. The number of halogens is 3. The molecule has 0 saturated carbocycles. The van der Waals surface area contributed by atoms with Crippen molar-refractivity contribution in [3.63, 3.8) is 0 Å². The van der Waals surface area contributed by atoms with Crippen molar-refractivity contribution < 1.29 is 49.7 Å². The molecule has 0 aliphatic carbocycles. The number of nitrogens with zero attached hydrogens (tertiary/aromatic N) is 1. The van der Waals surface area contributed by atoms with E-state index in [1.807, 2.05) is 69.3 Å². The lowest BCUT2D eigenvalue weighted by Crippen LogP contribution is -2.29. The second kappa shape index (κ2) is 20.5. The Bertz CT molecular complexity index is 1100. The SMILES string of the molecule is CC.COS(=O)(=O)C(F)(F)F.COc1ccc(C)cc1.Cc1ccc(CCC(=O)ON(C)C(=O)CCC=O)cc1. The van der Waals surface area contributed by atoms with Crippen LogP contribution in [-0.4, -0.2) is 58.4 Å². The Morgan fingerprint density at radius 2 is 1.38 bits per heavy atom. The molecule has 2 aromatic rings. The zero-order valence-electron chi connectivity index (χ0n) is 23.8. The maximum Gasteiger partial charge on any atom is 0.523 e. The van der Waals surface area contributed by atoms with E-state index in [1.165, 1.54) is 12.6 Å². The van der Waals surface area contributed by atoms with E-state index in [0.717, 1.165) is 21.9 Å². The first-order chi connectivity index (χ1) is 18.7. The molecular formula is C27H38F3NO8S. The highest BCUT2D eigenvalue weighted by Gasteiger charge is 2.46. The Kier molecular flexibility index (Phi) is 19.8. The van der Waals surface area contributed by atoms with Crippen molar-refractivity contribution in [2.24, 2.45) is 0 Å². The molecule has 0 aliphatic rings. The van der Waals surface area contributed by atoms with E-state index in [4.69, 9.17) is 9.57 Å². The second-order valence-electron chi connectivity index (χ2n) is 7.63. The minimum atomic E-state index is -5.34. The van der Waals surface area contributed by atoms with Gasteiger partial charge in [-0.05, 0) is 38.0 Å². The number of rotatable bonds is 8. The van der Waals surface area contributed by atoms with Crippen LogP contribution in [0.15, 0.2) is 48.5 Å². The van der Waals surface area contributed by atoms with Crippen LogP contribution in [0.5, 0.6) is 5.75 Å². The third-order valence-electron chi connectivity index (χ3n) is 4.56. The van der Waals surface area contributed by atoms with Crippen LogP contribution in [0.1, 0.15) is 49.8 Å². The van der Waals surface area contributed by atoms with E-state index in [0.29, 0.717) is 19.8 Å². The van der Waals surface area contributed by atoms with Crippen LogP contribution in [0.4, 0.5) is 13.2 Å². The van der Waals surface area contributed by atoms with Gasteiger partial charge in [0.2, 0.25) is 0 Å². The number of methoxy groups -OCH3 is 1. The lowest BCUT2D eigenvalue weighted by molar-refractivity contribution is -0.192. The Balaban J connectivity index is 0. The Morgan fingerprint density at radius 1 is 0.900 bits per heavy atom. The maximum atomic E-state index is 11.6. The zero-order chi connectivity index (χ0) is 31.4. The summed E-state index contributed by atoms with van der Waals surface area (Å²) in [7, 11) is -1.85. The first-order valence-electron chi connectivity index (χ1n) is 12.1. The normalized spacial score (nSPS) is 10.2. The minimum Gasteiger partial charge on any atom is -0.497 e. The van der Waals surface area contributed by atoms with Gasteiger partial charge in [0.15, 0.2) is 0 Å². The maximum absolute atomic E-state index is 11.6. The van der Waals surface area contributed by atoms with Crippen molar-refractivity contribution in [1.82, 2.24) is 5.06 Å². The van der Waals surface area contributed by atoms with Crippen LogP contribution in [0.25, 0.3) is 0 Å². The standard InChI is InChI=1S/C15H19NO4.C8H10O.C2H3F3O3S.C2H6/c1-12-5-7-13(8-6-12)9-10-15(19)20-16(2)14(18)4-3-11-17;1-7-3-5-8(9-2)6-4-7;1-8-9(6,7)2(3,4)5;1-2/h5-8,11H,3-4,9-10H2,1-2H3;3-6H,1-2H3;1H3;1-2H3. The molecule has 0 saturated heterocycles. The molecule has 0 aromatic heterocycles. The highest BCUT2D eigenvalue weighted by Crippen LogP contribution is 2.23. The Labute approximate surface area is 234 Å². The smallest absolute Gasteiger partial charge is 0.497 e. The summed E-state index contributed by atoms with van der Waals surface area (Å²) in [4.78, 5) is 38.1. The average molecular weight is 594 g/mol. The molecule has 0 N–H and O–H groups in total. The van der Waals surface area contributed by atoms with E-state index >= 15 is 0 Å². The predicted molar refractivity (Wildman–Crippen MR) is 145 cm³/mol. The summed E-state index contributed by atoms with van der Waals surface area (Å²) in [5, 5.41) is 0.890. The molecule has 0 radical (unpaired) electrons. The molecule has 0 unspecified atom stereocenters. The van der Waals surface area contributed by atoms with Crippen molar-refractivity contribution >= 4 is 28.3 Å². The van der Waals surface area contributed by atoms with Crippen LogP contribution in [0.3, 0.4) is 0 Å². The van der Waals surface area contributed by atoms with Crippen molar-refractivity contribution in [3.05, 3.63) is 65.2 Å². The largest absolute Gasteiger partial charge is 0.523 e. The first kappa shape index (κ1) is 38.7. The number of hydrogen-bond donors (Lipinski definition) is 0. The molecule has 0 bridgehead atoms. The van der Waals surface area contributed by atoms with Gasteiger partial charge in [-0.2, -0.15) is 26.7 Å². The molecule has 2 rings (SSSR count). The number of carbonyl (C=O) groups is 3. The average Bonchev–Trinajstić information content (AvgIpc) is 2.93. The van der Waals surface area contributed by atoms with E-state index in [9.17, 15) is 36.0 Å². The number of hydrogen-bond acceptors (Lipinski definition) is 8. The lowest BCUT2D eigenvalue weighted by Gasteiger charge is -2.15. The molecule has 13 heteroatoms. The van der Waals surface area contributed by atoms with Crippen LogP contribution < -0.4 is 4.74 Å². The highest BCUT2D eigenvalue weighted by molar-refractivity contribution is 7.87. The molecule has 1 amide bonds. The van der Waals surface area contributed by atoms with Crippen molar-refractivity contribution in [2.45, 2.75) is 58.9 Å². The summed E-state index contributed by atoms with van der Waals surface area (Å²) in [5.41, 5.74) is -1.84. The van der Waals surface area contributed by atoms with Gasteiger partial charge in [0.1, 0.15) is 12.0 Å². The van der Waals surface area contributed by atoms with Gasteiger partial charge in [0.05, 0.1) is 20.6 Å². The van der Waals surface area contributed by atoms with E-state index in [-0.39, 0.29) is 25.2 Å². The van der Waals surface area contributed by atoms with Gasteiger partial charge < -0.3 is 14.4 Å². The number of amides is 1. The molecule has 2 aromatic carbocycles. The molecule has 0 heterocycles. The van der Waals surface area contributed by atoms with Gasteiger partial charge >= 0.3 is 21.6 Å². The molecule has 40 heavy (non-hydrogen) atoms. The number of ether oxygens (including phenoxy) is 1. The molecule has 0 atom stereocenters. The zero-order valence-corrected chi connectivity index (χ0v) is 24.6. The molecule has 0 fully saturated rings. The van der Waals surface area contributed by atoms with Crippen molar-refractivity contribution in [1.29, 1.82) is 0 Å². The fraction of sp³-hybridized carbons (Fsp3) is 0.444. The minimum absolute atomic E-state index is 0.0469.